The van der Waals surface area contributed by atoms with E-state index in [4.69, 9.17) is 0 Å². The summed E-state index contributed by atoms with van der Waals surface area (Å²) in [7, 11) is 0. The van der Waals surface area contributed by atoms with Crippen molar-refractivity contribution in [1.82, 2.24) is 0 Å². The second-order valence-electron chi connectivity index (χ2n) is 5.72. The van der Waals surface area contributed by atoms with Gasteiger partial charge >= 0.3 is 0 Å². The second-order valence-corrected chi connectivity index (χ2v) is 5.72. The minimum absolute atomic E-state index is 0.680. The Balaban J connectivity index is 0.000000514. The van der Waals surface area contributed by atoms with Crippen molar-refractivity contribution in [1.29, 1.82) is 0 Å². The van der Waals surface area contributed by atoms with Gasteiger partial charge in [-0.25, -0.2) is 0 Å². The van der Waals surface area contributed by atoms with Gasteiger partial charge < -0.3 is 0 Å². The molecule has 94 valence electrons. The molecule has 0 atom stereocenters. The van der Waals surface area contributed by atoms with Crippen molar-refractivity contribution in [2.24, 2.45) is 5.41 Å². The Morgan fingerprint density at radius 2 is 1.24 bits per heavy atom. The molecule has 2 aliphatic rings. The molecule has 0 N–H and O–H groups in total. The highest BCUT2D eigenvalue weighted by molar-refractivity contribution is 5.45. The molecule has 0 bridgehead atoms. The molecular weight excluding hydrogens is 204 g/mol. The Hall–Kier alpha value is -0.780. The van der Waals surface area contributed by atoms with Gasteiger partial charge in [-0.3, -0.25) is 0 Å². The summed E-state index contributed by atoms with van der Waals surface area (Å²) in [5.74, 6) is 0. The van der Waals surface area contributed by atoms with Crippen LogP contribution in [0.25, 0.3) is 0 Å². The van der Waals surface area contributed by atoms with E-state index in [9.17, 15) is 0 Å². The Labute approximate surface area is 106 Å². The molecule has 0 amide bonds. The van der Waals surface area contributed by atoms with E-state index < -0.39 is 0 Å². The first-order valence-corrected chi connectivity index (χ1v) is 7.28. The monoisotopic (exact) mass is 230 g/mol. The fourth-order valence-electron chi connectivity index (χ4n) is 3.71. The molecule has 17 heavy (non-hydrogen) atoms. The number of benzene rings is 1. The lowest BCUT2D eigenvalue weighted by Gasteiger charge is -2.21. The predicted molar refractivity (Wildman–Crippen MR) is 75.6 cm³/mol. The van der Waals surface area contributed by atoms with Crippen LogP contribution in [0.3, 0.4) is 0 Å². The summed E-state index contributed by atoms with van der Waals surface area (Å²) in [6, 6.07) is 4.62. The second kappa shape index (κ2) is 4.84. The lowest BCUT2D eigenvalue weighted by molar-refractivity contribution is 0.317. The molecule has 0 heteroatoms. The van der Waals surface area contributed by atoms with E-state index in [-0.39, 0.29) is 0 Å². The van der Waals surface area contributed by atoms with Gasteiger partial charge in [0.1, 0.15) is 0 Å². The molecule has 0 unspecified atom stereocenters. The van der Waals surface area contributed by atoms with Crippen LogP contribution in [0.2, 0.25) is 0 Å². The normalized spacial score (nSPS) is 20.0. The predicted octanol–water partition coefficient (Wildman–Crippen LogP) is 4.99. The van der Waals surface area contributed by atoms with Gasteiger partial charge in [0, 0.05) is 0 Å². The van der Waals surface area contributed by atoms with Crippen LogP contribution in [0, 0.1) is 19.3 Å². The van der Waals surface area contributed by atoms with Gasteiger partial charge in [0.05, 0.1) is 0 Å². The topological polar surface area (TPSA) is 0 Å². The van der Waals surface area contributed by atoms with Crippen molar-refractivity contribution in [2.45, 2.75) is 66.2 Å². The number of hydrogen-bond acceptors (Lipinski definition) is 0. The van der Waals surface area contributed by atoms with Crippen molar-refractivity contribution in [3.63, 3.8) is 0 Å². The number of hydrogen-bond donors (Lipinski definition) is 0. The van der Waals surface area contributed by atoms with Crippen LogP contribution in [0.5, 0.6) is 0 Å². The standard InChI is InChI=1S/C15H20.C2H6/c1-11-5-6-12(2)14-10-15(9-13(11)14)7-3-4-8-15;1-2/h5-6H,3-4,7-10H2,1-2H3;1-2H3. The minimum Gasteiger partial charge on any atom is -0.0683 e. The van der Waals surface area contributed by atoms with E-state index in [2.05, 4.69) is 26.0 Å². The number of aryl methyl sites for hydroxylation is 2. The van der Waals surface area contributed by atoms with Gasteiger partial charge in [-0.15, -0.1) is 0 Å². The highest BCUT2D eigenvalue weighted by Gasteiger charge is 2.40. The third-order valence-electron chi connectivity index (χ3n) is 4.67. The lowest BCUT2D eigenvalue weighted by atomic mass is 9.83. The summed E-state index contributed by atoms with van der Waals surface area (Å²) in [6.45, 7) is 8.57. The molecule has 3 rings (SSSR count). The van der Waals surface area contributed by atoms with E-state index in [1.54, 1.807) is 11.1 Å². The maximum absolute atomic E-state index is 2.31. The summed E-state index contributed by atoms with van der Waals surface area (Å²) < 4.78 is 0. The average Bonchev–Trinajstić information content (AvgIpc) is 2.96. The highest BCUT2D eigenvalue weighted by Crippen LogP contribution is 2.50. The van der Waals surface area contributed by atoms with E-state index in [0.29, 0.717) is 5.41 Å². The lowest BCUT2D eigenvalue weighted by Crippen LogP contribution is -2.15. The summed E-state index contributed by atoms with van der Waals surface area (Å²) in [4.78, 5) is 0. The Morgan fingerprint density at radius 3 is 1.65 bits per heavy atom. The molecule has 0 aromatic heterocycles. The first kappa shape index (κ1) is 12.7. The average molecular weight is 230 g/mol. The molecule has 0 nitrogen and oxygen atoms in total. The molecule has 0 aliphatic heterocycles. The van der Waals surface area contributed by atoms with Crippen molar-refractivity contribution in [3.05, 3.63) is 34.4 Å². The summed E-state index contributed by atoms with van der Waals surface area (Å²) in [5.41, 5.74) is 7.12. The Morgan fingerprint density at radius 1 is 0.824 bits per heavy atom. The molecule has 0 radical (unpaired) electrons. The van der Waals surface area contributed by atoms with Gasteiger partial charge in [0.25, 0.3) is 0 Å². The third-order valence-corrected chi connectivity index (χ3v) is 4.67. The molecule has 0 heterocycles. The summed E-state index contributed by atoms with van der Waals surface area (Å²) in [5, 5.41) is 0. The molecule has 1 spiro atoms. The largest absolute Gasteiger partial charge is 0.0683 e. The molecule has 2 aliphatic carbocycles. The zero-order chi connectivity index (χ0) is 12.5. The highest BCUT2D eigenvalue weighted by atomic mass is 14.4. The molecule has 1 fully saturated rings. The van der Waals surface area contributed by atoms with Crippen LogP contribution >= 0.6 is 0 Å². The zero-order valence-electron chi connectivity index (χ0n) is 11.9. The third kappa shape index (κ3) is 2.14. The maximum atomic E-state index is 2.31. The molecule has 1 aromatic carbocycles. The van der Waals surface area contributed by atoms with Gasteiger partial charge in [-0.05, 0) is 67.2 Å². The van der Waals surface area contributed by atoms with E-state index in [1.807, 2.05) is 13.8 Å². The van der Waals surface area contributed by atoms with E-state index in [1.165, 1.54) is 49.7 Å². The van der Waals surface area contributed by atoms with Crippen LogP contribution in [-0.2, 0) is 12.8 Å². The van der Waals surface area contributed by atoms with Crippen LogP contribution in [0.1, 0.15) is 61.8 Å². The summed E-state index contributed by atoms with van der Waals surface area (Å²) >= 11 is 0. The van der Waals surface area contributed by atoms with Crippen molar-refractivity contribution >= 4 is 0 Å². The van der Waals surface area contributed by atoms with E-state index in [0.717, 1.165) is 0 Å². The first-order valence-electron chi connectivity index (χ1n) is 7.28. The Bertz CT molecular complexity index is 362. The number of fused-ring (bicyclic) bond motifs is 1. The van der Waals surface area contributed by atoms with Crippen LogP contribution in [0.15, 0.2) is 12.1 Å². The first-order chi connectivity index (χ1) is 8.20. The van der Waals surface area contributed by atoms with Gasteiger partial charge in [0.2, 0.25) is 0 Å². The van der Waals surface area contributed by atoms with Gasteiger partial charge in [-0.2, -0.15) is 0 Å². The Kier molecular flexibility index (Phi) is 3.61. The van der Waals surface area contributed by atoms with Crippen molar-refractivity contribution in [3.8, 4) is 0 Å². The van der Waals surface area contributed by atoms with E-state index >= 15 is 0 Å². The quantitative estimate of drug-likeness (QED) is 0.589. The van der Waals surface area contributed by atoms with Crippen molar-refractivity contribution < 1.29 is 0 Å². The molecule has 1 aromatic rings. The SMILES string of the molecule is CC.Cc1ccc(C)c2c1CC1(CCCC1)C2. The molecular formula is C17H26. The van der Waals surface area contributed by atoms with Crippen LogP contribution in [-0.4, -0.2) is 0 Å². The maximum Gasteiger partial charge on any atom is -0.0213 e. The zero-order valence-corrected chi connectivity index (χ0v) is 11.9. The smallest absolute Gasteiger partial charge is 0.0213 e. The van der Waals surface area contributed by atoms with Crippen molar-refractivity contribution in [2.75, 3.05) is 0 Å². The van der Waals surface area contributed by atoms with Crippen LogP contribution < -0.4 is 0 Å². The van der Waals surface area contributed by atoms with Gasteiger partial charge in [0.15, 0.2) is 0 Å². The number of rotatable bonds is 0. The fraction of sp³-hybridized carbons (Fsp3) is 0.647. The molecule has 1 saturated carbocycles. The van der Waals surface area contributed by atoms with Gasteiger partial charge in [-0.1, -0.05) is 38.8 Å². The molecule has 0 saturated heterocycles. The summed E-state index contributed by atoms with van der Waals surface area (Å²) in [6.07, 6.45) is 8.62. The minimum atomic E-state index is 0.680. The van der Waals surface area contributed by atoms with Crippen LogP contribution in [0.4, 0.5) is 0 Å². The fourth-order valence-corrected chi connectivity index (χ4v) is 3.71.